The highest BCUT2D eigenvalue weighted by Crippen LogP contribution is 2.49. The fourth-order valence-electron chi connectivity index (χ4n) is 3.02. The van der Waals surface area contributed by atoms with Crippen LogP contribution in [0.1, 0.15) is 12.0 Å². The number of nitrogens with zero attached hydrogens (tertiary/aromatic N) is 2. The van der Waals surface area contributed by atoms with E-state index in [0.717, 1.165) is 18.2 Å². The molecule has 11 heteroatoms. The first-order valence-corrected chi connectivity index (χ1v) is 8.91. The molecule has 2 fully saturated rings. The summed E-state index contributed by atoms with van der Waals surface area (Å²) >= 11 is 5.84. The van der Waals surface area contributed by atoms with E-state index in [1.807, 2.05) is 0 Å². The highest BCUT2D eigenvalue weighted by atomic mass is 35.5. The molecular weight excluding hydrogens is 409 g/mol. The smallest absolute Gasteiger partial charge is 0.340 e. The largest absolute Gasteiger partial charge is 0.416 e. The highest BCUT2D eigenvalue weighted by Gasteiger charge is 2.62. The third-order valence-electron chi connectivity index (χ3n) is 4.74. The van der Waals surface area contributed by atoms with Crippen LogP contribution in [0.2, 0.25) is 5.02 Å². The number of benzene rings is 1. The van der Waals surface area contributed by atoms with Crippen LogP contribution < -0.4 is 5.32 Å². The van der Waals surface area contributed by atoms with E-state index in [2.05, 4.69) is 5.32 Å². The van der Waals surface area contributed by atoms with E-state index in [4.69, 9.17) is 11.6 Å². The Bertz CT molecular complexity index is 779. The molecule has 0 bridgehead atoms. The number of rotatable bonds is 4. The van der Waals surface area contributed by atoms with Crippen LogP contribution in [0.3, 0.4) is 0 Å². The van der Waals surface area contributed by atoms with Crippen LogP contribution >= 0.6 is 11.6 Å². The van der Waals surface area contributed by atoms with Crippen molar-refractivity contribution in [2.75, 3.05) is 38.0 Å². The van der Waals surface area contributed by atoms with Gasteiger partial charge < -0.3 is 10.2 Å². The number of carbonyl (C=O) groups is 2. The molecule has 2 amide bonds. The zero-order valence-electron chi connectivity index (χ0n) is 14.5. The van der Waals surface area contributed by atoms with Crippen molar-refractivity contribution in [1.29, 1.82) is 0 Å². The maximum absolute atomic E-state index is 13.0. The summed E-state index contributed by atoms with van der Waals surface area (Å²) in [5, 5.41) is 2.32. The molecule has 1 unspecified atom stereocenters. The zero-order chi connectivity index (χ0) is 20.7. The molecule has 0 aromatic heterocycles. The van der Waals surface area contributed by atoms with E-state index < -0.39 is 41.8 Å². The van der Waals surface area contributed by atoms with Gasteiger partial charge in [-0.05, 0) is 18.2 Å². The summed E-state index contributed by atoms with van der Waals surface area (Å²) in [4.78, 5) is 27.1. The van der Waals surface area contributed by atoms with Gasteiger partial charge in [-0.1, -0.05) is 11.6 Å². The number of halogens is 6. The van der Waals surface area contributed by atoms with Gasteiger partial charge in [0.25, 0.3) is 5.92 Å². The second kappa shape index (κ2) is 7.47. The fourth-order valence-corrected chi connectivity index (χ4v) is 3.18. The predicted octanol–water partition coefficient (Wildman–Crippen LogP) is 3.10. The van der Waals surface area contributed by atoms with Gasteiger partial charge in [0.2, 0.25) is 11.8 Å². The average molecular weight is 426 g/mol. The summed E-state index contributed by atoms with van der Waals surface area (Å²) in [6, 6.07) is 2.63. The minimum absolute atomic E-state index is 0.0258. The number of nitrogens with one attached hydrogen (secondary N) is 1. The lowest BCUT2D eigenvalue weighted by Crippen LogP contribution is -2.51. The molecule has 1 saturated carbocycles. The number of piperazine rings is 1. The summed E-state index contributed by atoms with van der Waals surface area (Å²) in [6.07, 6.45) is -4.99. The molecular formula is C17H17ClF5N3O2. The Morgan fingerprint density at radius 1 is 1.18 bits per heavy atom. The summed E-state index contributed by atoms with van der Waals surface area (Å²) in [5.41, 5.74) is -1.08. The Morgan fingerprint density at radius 3 is 2.32 bits per heavy atom. The van der Waals surface area contributed by atoms with Crippen molar-refractivity contribution >= 4 is 29.1 Å². The molecule has 0 radical (unpaired) electrons. The Balaban J connectivity index is 1.51. The van der Waals surface area contributed by atoms with Crippen molar-refractivity contribution in [3.05, 3.63) is 28.8 Å². The van der Waals surface area contributed by atoms with Crippen LogP contribution in [0.15, 0.2) is 18.2 Å². The maximum Gasteiger partial charge on any atom is 0.416 e. The topological polar surface area (TPSA) is 52.7 Å². The lowest BCUT2D eigenvalue weighted by molar-refractivity contribution is -0.138. The van der Waals surface area contributed by atoms with Crippen LogP contribution in [0.25, 0.3) is 0 Å². The van der Waals surface area contributed by atoms with E-state index in [-0.39, 0.29) is 30.3 Å². The average Bonchev–Trinajstić information content (AvgIpc) is 3.24. The number of hydrogen-bond donors (Lipinski definition) is 1. The van der Waals surface area contributed by atoms with Crippen LogP contribution in [0.4, 0.5) is 27.6 Å². The number of amides is 2. The minimum Gasteiger partial charge on any atom is -0.340 e. The molecule has 28 heavy (non-hydrogen) atoms. The normalized spacial score (nSPS) is 22.1. The van der Waals surface area contributed by atoms with Crippen molar-refractivity contribution in [1.82, 2.24) is 9.80 Å². The minimum atomic E-state index is -4.56. The molecule has 1 aromatic rings. The van der Waals surface area contributed by atoms with Gasteiger partial charge in [-0.15, -0.1) is 0 Å². The van der Waals surface area contributed by atoms with E-state index in [0.29, 0.717) is 13.1 Å². The van der Waals surface area contributed by atoms with Gasteiger partial charge in [0.05, 0.1) is 22.8 Å². The van der Waals surface area contributed by atoms with Crippen LogP contribution in [-0.2, 0) is 15.8 Å². The number of carbonyl (C=O) groups excluding carboxylic acids is 2. The van der Waals surface area contributed by atoms with Crippen molar-refractivity contribution < 1.29 is 31.5 Å². The molecule has 1 aliphatic heterocycles. The Hall–Kier alpha value is -1.94. The van der Waals surface area contributed by atoms with Crippen LogP contribution in [0, 0.1) is 5.92 Å². The third kappa shape index (κ3) is 4.72. The quantitative estimate of drug-likeness (QED) is 0.754. The third-order valence-corrected chi connectivity index (χ3v) is 5.07. The van der Waals surface area contributed by atoms with Gasteiger partial charge in [0.1, 0.15) is 5.92 Å². The molecule has 0 spiro atoms. The summed E-state index contributed by atoms with van der Waals surface area (Å²) in [5.74, 6) is -5.30. The summed E-state index contributed by atoms with van der Waals surface area (Å²) < 4.78 is 64.3. The van der Waals surface area contributed by atoms with Crippen LogP contribution in [-0.4, -0.2) is 60.3 Å². The molecule has 1 aromatic carbocycles. The lowest BCUT2D eigenvalue weighted by atomic mass is 10.2. The van der Waals surface area contributed by atoms with E-state index >= 15 is 0 Å². The van der Waals surface area contributed by atoms with Crippen molar-refractivity contribution in [2.24, 2.45) is 5.92 Å². The van der Waals surface area contributed by atoms with Gasteiger partial charge in [-0.25, -0.2) is 8.78 Å². The van der Waals surface area contributed by atoms with E-state index in [1.165, 1.54) is 4.90 Å². The maximum atomic E-state index is 13.0. The zero-order valence-corrected chi connectivity index (χ0v) is 15.3. The Morgan fingerprint density at radius 2 is 1.79 bits per heavy atom. The molecule has 1 atom stereocenters. The molecule has 5 nitrogen and oxygen atoms in total. The lowest BCUT2D eigenvalue weighted by Gasteiger charge is -2.34. The molecule has 1 aliphatic carbocycles. The second-order valence-electron chi connectivity index (χ2n) is 6.86. The first-order chi connectivity index (χ1) is 13.0. The summed E-state index contributed by atoms with van der Waals surface area (Å²) in [7, 11) is 0. The molecule has 1 heterocycles. The first-order valence-electron chi connectivity index (χ1n) is 8.53. The SMILES string of the molecule is O=C(CN1CCN(C(=O)C2CC2(F)F)CC1)Nc1cc(C(F)(F)F)ccc1Cl. The van der Waals surface area contributed by atoms with Gasteiger partial charge >= 0.3 is 6.18 Å². The molecule has 154 valence electrons. The van der Waals surface area contributed by atoms with Gasteiger partial charge in [-0.2, -0.15) is 13.2 Å². The van der Waals surface area contributed by atoms with Crippen molar-refractivity contribution in [3.8, 4) is 0 Å². The molecule has 2 aliphatic rings. The second-order valence-corrected chi connectivity index (χ2v) is 7.27. The molecule has 1 saturated heterocycles. The van der Waals surface area contributed by atoms with Crippen LogP contribution in [0.5, 0.6) is 0 Å². The fraction of sp³-hybridized carbons (Fsp3) is 0.529. The standard InChI is InChI=1S/C17H17ClF5N3O2/c18-12-2-1-10(17(21,22)23)7-13(12)24-14(27)9-25-3-5-26(6-4-25)15(28)11-8-16(11,19)20/h1-2,7,11H,3-6,8-9H2,(H,24,27). The monoisotopic (exact) mass is 425 g/mol. The van der Waals surface area contributed by atoms with Gasteiger partial charge in [0, 0.05) is 32.6 Å². The molecule has 3 rings (SSSR count). The van der Waals surface area contributed by atoms with E-state index in [1.54, 1.807) is 4.90 Å². The number of anilines is 1. The Labute approximate surface area is 162 Å². The highest BCUT2D eigenvalue weighted by molar-refractivity contribution is 6.33. The number of alkyl halides is 5. The van der Waals surface area contributed by atoms with Gasteiger partial charge in [0.15, 0.2) is 0 Å². The number of hydrogen-bond acceptors (Lipinski definition) is 3. The molecule has 1 N–H and O–H groups in total. The van der Waals surface area contributed by atoms with Crippen molar-refractivity contribution in [3.63, 3.8) is 0 Å². The van der Waals surface area contributed by atoms with Gasteiger partial charge in [-0.3, -0.25) is 14.5 Å². The van der Waals surface area contributed by atoms with Crippen molar-refractivity contribution in [2.45, 2.75) is 18.5 Å². The predicted molar refractivity (Wildman–Crippen MR) is 91.2 cm³/mol. The first kappa shape index (κ1) is 20.8. The Kier molecular flexibility index (Phi) is 5.55. The summed E-state index contributed by atoms with van der Waals surface area (Å²) in [6.45, 7) is 0.905. The van der Waals surface area contributed by atoms with E-state index in [9.17, 15) is 31.5 Å².